The fraction of sp³-hybridized carbons (Fsp3) is 0.300. The van der Waals surface area contributed by atoms with Crippen LogP contribution < -0.4 is 10.1 Å². The van der Waals surface area contributed by atoms with Crippen LogP contribution in [-0.4, -0.2) is 19.9 Å². The molecule has 0 aliphatic heterocycles. The van der Waals surface area contributed by atoms with Crippen molar-refractivity contribution in [2.75, 3.05) is 19.0 Å². The first kappa shape index (κ1) is 9.58. The van der Waals surface area contributed by atoms with Crippen molar-refractivity contribution < 1.29 is 9.53 Å². The molecule has 3 nitrogen and oxygen atoms in total. The van der Waals surface area contributed by atoms with Crippen LogP contribution in [0.3, 0.4) is 0 Å². The Kier molecular flexibility index (Phi) is 3.31. The van der Waals surface area contributed by atoms with Crippen molar-refractivity contribution in [1.82, 2.24) is 0 Å². The van der Waals surface area contributed by atoms with Gasteiger partial charge in [-0.3, -0.25) is 4.79 Å². The van der Waals surface area contributed by atoms with Crippen LogP contribution in [0.4, 0.5) is 5.69 Å². The van der Waals surface area contributed by atoms with Gasteiger partial charge in [-0.25, -0.2) is 0 Å². The van der Waals surface area contributed by atoms with Crippen molar-refractivity contribution in [2.24, 2.45) is 0 Å². The van der Waals surface area contributed by atoms with Gasteiger partial charge in [0.25, 0.3) is 0 Å². The Bertz CT molecular complexity index is 297. The second-order valence-electron chi connectivity index (χ2n) is 2.68. The monoisotopic (exact) mass is 179 g/mol. The van der Waals surface area contributed by atoms with Crippen LogP contribution in [0.1, 0.15) is 5.56 Å². The molecule has 1 aromatic carbocycles. The summed E-state index contributed by atoms with van der Waals surface area (Å²) in [4.78, 5) is 10.1. The molecule has 13 heavy (non-hydrogen) atoms. The van der Waals surface area contributed by atoms with Gasteiger partial charge in [-0.1, -0.05) is 12.1 Å². The molecule has 0 aromatic heterocycles. The predicted octanol–water partition coefficient (Wildman–Crippen LogP) is 1.61. The maximum Gasteiger partial charge on any atom is 0.157 e. The van der Waals surface area contributed by atoms with Crippen molar-refractivity contribution in [1.29, 1.82) is 0 Å². The number of rotatable bonds is 4. The predicted molar refractivity (Wildman–Crippen MR) is 52.3 cm³/mol. The molecule has 0 bridgehead atoms. The standard InChI is InChI=1S/C10H13NO2/c1-8-4-3-5-9(11-2)10(8)13-7-6-12/h3-6,11H,7H2,1-2H3. The quantitative estimate of drug-likeness (QED) is 0.714. The molecule has 1 rings (SSSR count). The summed E-state index contributed by atoms with van der Waals surface area (Å²) in [6, 6.07) is 5.79. The molecule has 0 fully saturated rings. The molecule has 0 radical (unpaired) electrons. The van der Waals surface area contributed by atoms with Crippen LogP contribution in [0.15, 0.2) is 18.2 Å². The zero-order valence-corrected chi connectivity index (χ0v) is 7.83. The van der Waals surface area contributed by atoms with Crippen molar-refractivity contribution in [3.05, 3.63) is 23.8 Å². The minimum Gasteiger partial charge on any atom is -0.484 e. The number of anilines is 1. The minimum atomic E-state index is 0.0968. The lowest BCUT2D eigenvalue weighted by Crippen LogP contribution is -2.02. The maximum atomic E-state index is 10.1. The molecule has 0 spiro atoms. The van der Waals surface area contributed by atoms with E-state index in [0.29, 0.717) is 0 Å². The molecular formula is C10H13NO2. The molecule has 70 valence electrons. The van der Waals surface area contributed by atoms with Gasteiger partial charge in [-0.2, -0.15) is 0 Å². The van der Waals surface area contributed by atoms with Gasteiger partial charge in [0.15, 0.2) is 6.29 Å². The van der Waals surface area contributed by atoms with Crippen LogP contribution in [0.25, 0.3) is 0 Å². The number of nitrogens with one attached hydrogen (secondary N) is 1. The summed E-state index contributed by atoms with van der Waals surface area (Å²) in [6.07, 6.45) is 0.742. The summed E-state index contributed by atoms with van der Waals surface area (Å²) in [5.74, 6) is 0.747. The lowest BCUT2D eigenvalue weighted by Gasteiger charge is -2.11. The normalized spacial score (nSPS) is 9.38. The number of carbonyl (C=O) groups excluding carboxylic acids is 1. The molecule has 0 unspecified atom stereocenters. The van der Waals surface area contributed by atoms with Gasteiger partial charge in [0.05, 0.1) is 5.69 Å². The summed E-state index contributed by atoms with van der Waals surface area (Å²) >= 11 is 0. The first-order valence-electron chi connectivity index (χ1n) is 4.13. The van der Waals surface area contributed by atoms with Gasteiger partial charge < -0.3 is 10.1 Å². The largest absolute Gasteiger partial charge is 0.484 e. The number of aldehydes is 1. The van der Waals surface area contributed by atoms with Crippen molar-refractivity contribution in [2.45, 2.75) is 6.92 Å². The molecule has 3 heteroatoms. The Hall–Kier alpha value is -1.51. The van der Waals surface area contributed by atoms with E-state index in [2.05, 4.69) is 5.32 Å². The highest BCUT2D eigenvalue weighted by molar-refractivity contribution is 5.61. The highest BCUT2D eigenvalue weighted by Gasteiger charge is 2.03. The number of hydrogen-bond acceptors (Lipinski definition) is 3. The van der Waals surface area contributed by atoms with Crippen LogP contribution in [0.5, 0.6) is 5.75 Å². The molecule has 0 amide bonds. The Morgan fingerprint density at radius 2 is 2.31 bits per heavy atom. The van der Waals surface area contributed by atoms with Gasteiger partial charge in [0.1, 0.15) is 12.4 Å². The number of hydrogen-bond donors (Lipinski definition) is 1. The van der Waals surface area contributed by atoms with Crippen molar-refractivity contribution in [3.63, 3.8) is 0 Å². The third-order valence-electron chi connectivity index (χ3n) is 1.78. The van der Waals surface area contributed by atoms with Crippen LogP contribution in [-0.2, 0) is 4.79 Å². The second-order valence-corrected chi connectivity index (χ2v) is 2.68. The fourth-order valence-corrected chi connectivity index (χ4v) is 1.16. The zero-order valence-electron chi connectivity index (χ0n) is 7.83. The van der Waals surface area contributed by atoms with Crippen LogP contribution in [0, 0.1) is 6.92 Å². The molecule has 0 saturated heterocycles. The van der Waals surface area contributed by atoms with Gasteiger partial charge in [-0.15, -0.1) is 0 Å². The van der Waals surface area contributed by atoms with E-state index >= 15 is 0 Å². The van der Waals surface area contributed by atoms with Crippen molar-refractivity contribution in [3.8, 4) is 5.75 Å². The third-order valence-corrected chi connectivity index (χ3v) is 1.78. The van der Waals surface area contributed by atoms with E-state index in [-0.39, 0.29) is 6.61 Å². The van der Waals surface area contributed by atoms with E-state index < -0.39 is 0 Å². The average molecular weight is 179 g/mol. The van der Waals surface area contributed by atoms with Gasteiger partial charge >= 0.3 is 0 Å². The highest BCUT2D eigenvalue weighted by Crippen LogP contribution is 2.27. The Labute approximate surface area is 77.7 Å². The maximum absolute atomic E-state index is 10.1. The van der Waals surface area contributed by atoms with Crippen LogP contribution in [0.2, 0.25) is 0 Å². The molecule has 0 aliphatic rings. The average Bonchev–Trinajstić information content (AvgIpc) is 2.15. The smallest absolute Gasteiger partial charge is 0.157 e. The van der Waals surface area contributed by atoms with Gasteiger partial charge in [-0.05, 0) is 18.6 Å². The Balaban J connectivity index is 2.93. The fourth-order valence-electron chi connectivity index (χ4n) is 1.16. The molecular weight excluding hydrogens is 166 g/mol. The number of carbonyl (C=O) groups is 1. The molecule has 0 heterocycles. The number of para-hydroxylation sites is 1. The molecule has 0 saturated carbocycles. The third kappa shape index (κ3) is 2.21. The summed E-state index contributed by atoms with van der Waals surface area (Å²) in [5, 5.41) is 3.00. The lowest BCUT2D eigenvalue weighted by atomic mass is 10.2. The number of ether oxygens (including phenoxy) is 1. The zero-order chi connectivity index (χ0) is 9.68. The topological polar surface area (TPSA) is 38.3 Å². The molecule has 0 aliphatic carbocycles. The van der Waals surface area contributed by atoms with E-state index in [1.165, 1.54) is 0 Å². The summed E-state index contributed by atoms with van der Waals surface area (Å²) in [6.45, 7) is 2.04. The number of aryl methyl sites for hydroxylation is 1. The molecule has 1 N–H and O–H groups in total. The first-order valence-corrected chi connectivity index (χ1v) is 4.13. The van der Waals surface area contributed by atoms with Crippen molar-refractivity contribution >= 4 is 12.0 Å². The Morgan fingerprint density at radius 3 is 2.92 bits per heavy atom. The van der Waals surface area contributed by atoms with E-state index in [0.717, 1.165) is 23.3 Å². The molecule has 0 atom stereocenters. The second kappa shape index (κ2) is 4.50. The SMILES string of the molecule is CNc1cccc(C)c1OCC=O. The first-order chi connectivity index (χ1) is 6.29. The van der Waals surface area contributed by atoms with Crippen LogP contribution >= 0.6 is 0 Å². The number of benzene rings is 1. The summed E-state index contributed by atoms with van der Waals surface area (Å²) < 4.78 is 5.28. The van der Waals surface area contributed by atoms with E-state index in [9.17, 15) is 4.79 Å². The van der Waals surface area contributed by atoms with E-state index in [1.807, 2.05) is 32.2 Å². The van der Waals surface area contributed by atoms with Gasteiger partial charge in [0, 0.05) is 7.05 Å². The summed E-state index contributed by atoms with van der Waals surface area (Å²) in [7, 11) is 1.82. The van der Waals surface area contributed by atoms with E-state index in [4.69, 9.17) is 4.74 Å². The van der Waals surface area contributed by atoms with Gasteiger partial charge in [0.2, 0.25) is 0 Å². The van der Waals surface area contributed by atoms with E-state index in [1.54, 1.807) is 0 Å². The Morgan fingerprint density at radius 1 is 1.54 bits per heavy atom. The lowest BCUT2D eigenvalue weighted by molar-refractivity contribution is -0.109. The molecule has 1 aromatic rings. The summed E-state index contributed by atoms with van der Waals surface area (Å²) in [5.41, 5.74) is 1.93. The highest BCUT2D eigenvalue weighted by atomic mass is 16.5. The minimum absolute atomic E-state index is 0.0968.